The Hall–Kier alpha value is -6.05. The van der Waals surface area contributed by atoms with Gasteiger partial charge in [0.1, 0.15) is 0 Å². The molecule has 6 aromatic rings. The molecule has 8 rings (SSSR count). The third kappa shape index (κ3) is 6.88. The number of carbonyl (C=O) groups is 1. The second-order valence-corrected chi connectivity index (χ2v) is 15.3. The first kappa shape index (κ1) is 36.9. The van der Waals surface area contributed by atoms with E-state index in [2.05, 4.69) is 0 Å². The summed E-state index contributed by atoms with van der Waals surface area (Å²) in [6, 6.07) is 23.3. The number of hydrogen-bond donors (Lipinski definition) is 0. The van der Waals surface area contributed by atoms with Crippen molar-refractivity contribution >= 4 is 51.3 Å². The molecule has 0 saturated carbocycles. The first-order valence-electron chi connectivity index (χ1n) is 18.1. The highest BCUT2D eigenvalue weighted by Crippen LogP contribution is 2.42. The van der Waals surface area contributed by atoms with E-state index in [1.807, 2.05) is 107 Å². The van der Waals surface area contributed by atoms with Gasteiger partial charge in [0.2, 0.25) is 0 Å². The molecule has 0 amide bonds. The van der Waals surface area contributed by atoms with Crippen molar-refractivity contribution in [1.82, 2.24) is 9.97 Å². The van der Waals surface area contributed by atoms with Gasteiger partial charge in [-0.3, -0.25) is 14.8 Å². The second kappa shape index (κ2) is 15.6. The summed E-state index contributed by atoms with van der Waals surface area (Å²) in [4.78, 5) is 25.1. The summed E-state index contributed by atoms with van der Waals surface area (Å²) in [5.41, 5.74) is 9.30. The first-order chi connectivity index (χ1) is 27.3. The number of nitrogens with zero attached hydrogens (tertiary/aromatic N) is 6. The molecule has 0 unspecified atom stereocenters. The highest BCUT2D eigenvalue weighted by molar-refractivity contribution is 7.10. The van der Waals surface area contributed by atoms with Crippen LogP contribution in [0.15, 0.2) is 93.8 Å². The van der Waals surface area contributed by atoms with Crippen molar-refractivity contribution in [3.8, 4) is 45.5 Å². The number of aryl methyl sites for hydroxylation is 2. The van der Waals surface area contributed by atoms with Crippen LogP contribution in [0, 0.1) is 13.8 Å². The number of methoxy groups -OCH3 is 4. The zero-order valence-electron chi connectivity index (χ0n) is 32.0. The summed E-state index contributed by atoms with van der Waals surface area (Å²) in [6.45, 7) is 5.11. The lowest BCUT2D eigenvalue weighted by Gasteiger charge is -2.24. The van der Waals surface area contributed by atoms with Crippen LogP contribution in [-0.2, 0) is 0 Å². The van der Waals surface area contributed by atoms with Crippen molar-refractivity contribution in [3.63, 3.8) is 0 Å². The number of ether oxygens (including phenoxy) is 4. The monoisotopic (exact) mass is 784 g/mol. The van der Waals surface area contributed by atoms with Gasteiger partial charge in [-0.2, -0.15) is 10.2 Å². The Labute approximate surface area is 333 Å². The van der Waals surface area contributed by atoms with Crippen LogP contribution in [0.4, 0.5) is 11.4 Å². The van der Waals surface area contributed by atoms with E-state index in [1.54, 1.807) is 51.1 Å². The molecule has 0 saturated heterocycles. The van der Waals surface area contributed by atoms with Crippen LogP contribution in [0.25, 0.3) is 22.5 Å². The number of benzene rings is 4. The molecule has 2 aromatic heterocycles. The lowest BCUT2D eigenvalue weighted by atomic mass is 9.94. The minimum Gasteiger partial charge on any atom is -0.493 e. The van der Waals surface area contributed by atoms with Gasteiger partial charge in [-0.25, -0.2) is 9.97 Å². The third-order valence-electron chi connectivity index (χ3n) is 9.90. The molecular formula is C43H40N6O5S2. The van der Waals surface area contributed by atoms with E-state index in [-0.39, 0.29) is 5.78 Å². The first-order valence-corrected chi connectivity index (χ1v) is 19.9. The second-order valence-electron chi connectivity index (χ2n) is 13.2. The molecule has 11 nitrogen and oxygen atoms in total. The Morgan fingerprint density at radius 1 is 0.589 bits per heavy atom. The van der Waals surface area contributed by atoms with Crippen LogP contribution in [0.5, 0.6) is 23.0 Å². The van der Waals surface area contributed by atoms with Crippen molar-refractivity contribution in [3.05, 3.63) is 116 Å². The molecule has 0 radical (unpaired) electrons. The van der Waals surface area contributed by atoms with Crippen LogP contribution < -0.4 is 29.0 Å². The largest absolute Gasteiger partial charge is 0.493 e. The summed E-state index contributed by atoms with van der Waals surface area (Å²) in [7, 11) is 6.48. The number of carbonyl (C=O) groups excluding carboxylic acids is 1. The number of para-hydroxylation sites is 2. The summed E-state index contributed by atoms with van der Waals surface area (Å²) in [5.74, 6) is 2.40. The lowest BCUT2D eigenvalue weighted by Crippen LogP contribution is -2.20. The van der Waals surface area contributed by atoms with Gasteiger partial charge in [0.15, 0.2) is 28.8 Å². The molecule has 0 N–H and O–H groups in total. The fourth-order valence-corrected chi connectivity index (χ4v) is 8.44. The van der Waals surface area contributed by atoms with E-state index in [1.165, 1.54) is 0 Å². The number of aromatic nitrogens is 2. The molecule has 2 aliphatic rings. The molecule has 0 atom stereocenters. The Kier molecular flexibility index (Phi) is 10.3. The fourth-order valence-electron chi connectivity index (χ4n) is 7.22. The van der Waals surface area contributed by atoms with Gasteiger partial charge < -0.3 is 18.9 Å². The normalized spacial score (nSPS) is 13.8. The number of anilines is 2. The van der Waals surface area contributed by atoms with Gasteiger partial charge in [0.05, 0.1) is 72.6 Å². The summed E-state index contributed by atoms with van der Waals surface area (Å²) < 4.78 is 22.2. The van der Waals surface area contributed by atoms with Crippen LogP contribution >= 0.6 is 22.7 Å². The zero-order chi connectivity index (χ0) is 38.9. The van der Waals surface area contributed by atoms with E-state index in [0.29, 0.717) is 71.4 Å². The average molecular weight is 785 g/mol. The Morgan fingerprint density at radius 2 is 1.02 bits per heavy atom. The molecule has 284 valence electrons. The van der Waals surface area contributed by atoms with Crippen molar-refractivity contribution in [1.29, 1.82) is 0 Å². The number of ketones is 1. The molecule has 0 spiro atoms. The minimum atomic E-state index is -0.151. The summed E-state index contributed by atoms with van der Waals surface area (Å²) >= 11 is 3.14. The molecular weight excluding hydrogens is 745 g/mol. The van der Waals surface area contributed by atoms with Crippen LogP contribution in [0.1, 0.15) is 49.9 Å². The molecule has 0 bridgehead atoms. The van der Waals surface area contributed by atoms with E-state index < -0.39 is 0 Å². The number of thiazole rings is 2. The third-order valence-corrected chi connectivity index (χ3v) is 11.5. The highest BCUT2D eigenvalue weighted by Gasteiger charge is 2.31. The highest BCUT2D eigenvalue weighted by atomic mass is 32.1. The maximum absolute atomic E-state index is 15.3. The summed E-state index contributed by atoms with van der Waals surface area (Å²) in [5, 5.41) is 20.1. The van der Waals surface area contributed by atoms with Gasteiger partial charge in [-0.1, -0.05) is 24.3 Å². The number of hydrogen-bond acceptors (Lipinski definition) is 13. The van der Waals surface area contributed by atoms with Crippen LogP contribution in [-0.4, -0.2) is 68.7 Å². The maximum atomic E-state index is 15.3. The lowest BCUT2D eigenvalue weighted by molar-refractivity contribution is 0.103. The van der Waals surface area contributed by atoms with Crippen molar-refractivity contribution < 1.29 is 23.7 Å². The van der Waals surface area contributed by atoms with Gasteiger partial charge in [-0.15, -0.1) is 22.7 Å². The standard InChI is InChI=1S/C43H40N6O5S2/c1-25-44-35(23-55-25)29-9-7-11-31(41(29)48-19-17-33(46-48)27-13-15-37(51-3)39(21-27)53-5)43(50)32-12-8-10-30(36-24-56-26(2)45-36)42(32)49-20-18-34(47-49)28-14-16-38(52-4)40(22-28)54-6/h7-16,21-24H,17-20H2,1-6H3. The van der Waals surface area contributed by atoms with E-state index in [0.717, 1.165) is 55.1 Å². The summed E-state index contributed by atoms with van der Waals surface area (Å²) in [6.07, 6.45) is 1.33. The van der Waals surface area contributed by atoms with Gasteiger partial charge in [-0.05, 0) is 62.4 Å². The van der Waals surface area contributed by atoms with E-state index in [9.17, 15) is 0 Å². The Bertz CT molecular complexity index is 2350. The number of rotatable bonds is 12. The van der Waals surface area contributed by atoms with Gasteiger partial charge >= 0.3 is 0 Å². The molecule has 4 heterocycles. The van der Waals surface area contributed by atoms with E-state index >= 15 is 4.79 Å². The number of hydrazone groups is 2. The predicted octanol–water partition coefficient (Wildman–Crippen LogP) is 9.04. The van der Waals surface area contributed by atoms with Crippen LogP contribution in [0.3, 0.4) is 0 Å². The molecule has 0 aliphatic carbocycles. The predicted molar refractivity (Wildman–Crippen MR) is 224 cm³/mol. The molecule has 4 aromatic carbocycles. The quantitative estimate of drug-likeness (QED) is 0.112. The molecule has 13 heteroatoms. The van der Waals surface area contributed by atoms with Crippen LogP contribution in [0.2, 0.25) is 0 Å². The Balaban J connectivity index is 1.26. The Morgan fingerprint density at radius 3 is 1.39 bits per heavy atom. The van der Waals surface area contributed by atoms with Gasteiger partial charge in [0, 0.05) is 70.1 Å². The fraction of sp³-hybridized carbons (Fsp3) is 0.233. The van der Waals surface area contributed by atoms with Crippen molar-refractivity contribution in [2.75, 3.05) is 51.5 Å². The molecule has 2 aliphatic heterocycles. The smallest absolute Gasteiger partial charge is 0.197 e. The SMILES string of the molecule is COc1ccc(C2=NN(c3c(C(=O)c4cccc(-c5csc(C)n5)c4N4CCC(c5ccc(OC)c(OC)c5)=N4)cccc3-c3csc(C)n3)CC2)cc1OC. The van der Waals surface area contributed by atoms with Crippen molar-refractivity contribution in [2.45, 2.75) is 26.7 Å². The molecule has 0 fully saturated rings. The van der Waals surface area contributed by atoms with E-state index in [4.69, 9.17) is 39.1 Å². The average Bonchev–Trinajstić information content (AvgIpc) is 4.08. The topological polar surface area (TPSA) is 111 Å². The van der Waals surface area contributed by atoms with Gasteiger partial charge in [0.25, 0.3) is 0 Å². The minimum absolute atomic E-state index is 0.151. The zero-order valence-corrected chi connectivity index (χ0v) is 33.6. The maximum Gasteiger partial charge on any atom is 0.197 e. The molecule has 56 heavy (non-hydrogen) atoms. The van der Waals surface area contributed by atoms with Crippen molar-refractivity contribution in [2.24, 2.45) is 10.2 Å².